The van der Waals surface area contributed by atoms with Crippen molar-refractivity contribution in [1.82, 2.24) is 15.5 Å². The number of carbonyl (C=O) groups is 1. The molecule has 1 heterocycles. The van der Waals surface area contributed by atoms with E-state index >= 15 is 0 Å². The fourth-order valence-corrected chi connectivity index (χ4v) is 3.35. The minimum Gasteiger partial charge on any atom is -0.395 e. The molecule has 2 unspecified atom stereocenters. The highest BCUT2D eigenvalue weighted by Gasteiger charge is 2.30. The van der Waals surface area contributed by atoms with E-state index in [1.54, 1.807) is 0 Å². The number of anilines is 1. The summed E-state index contributed by atoms with van der Waals surface area (Å²) in [7, 11) is 0. The first-order valence-corrected chi connectivity index (χ1v) is 8.06. The van der Waals surface area contributed by atoms with E-state index in [1.165, 1.54) is 19.3 Å². The number of H-pyrrole nitrogens is 1. The molecular formula is C16H28N4O. The SMILES string of the molecule is CC(C)c1[nH]nc(C(=O)NC2CCCCC2C(C)C)c1N. The van der Waals surface area contributed by atoms with Gasteiger partial charge in [-0.2, -0.15) is 5.10 Å². The van der Waals surface area contributed by atoms with Crippen LogP contribution in [0.15, 0.2) is 0 Å². The molecule has 2 atom stereocenters. The summed E-state index contributed by atoms with van der Waals surface area (Å²) in [6.07, 6.45) is 4.69. The van der Waals surface area contributed by atoms with Crippen molar-refractivity contribution in [3.05, 3.63) is 11.4 Å². The maximum atomic E-state index is 12.5. The first kappa shape index (κ1) is 15.9. The molecule has 1 aromatic heterocycles. The molecule has 2 rings (SSSR count). The first-order valence-electron chi connectivity index (χ1n) is 8.06. The zero-order valence-electron chi connectivity index (χ0n) is 13.6. The second-order valence-corrected chi connectivity index (χ2v) is 6.83. The van der Waals surface area contributed by atoms with Crippen LogP contribution in [0.3, 0.4) is 0 Å². The quantitative estimate of drug-likeness (QED) is 0.797. The van der Waals surface area contributed by atoms with Crippen molar-refractivity contribution in [3.8, 4) is 0 Å². The molecular weight excluding hydrogens is 264 g/mol. The predicted molar refractivity (Wildman–Crippen MR) is 85.1 cm³/mol. The van der Waals surface area contributed by atoms with Crippen LogP contribution in [0.25, 0.3) is 0 Å². The van der Waals surface area contributed by atoms with Gasteiger partial charge in [-0.25, -0.2) is 0 Å². The highest BCUT2D eigenvalue weighted by molar-refractivity contribution is 5.97. The molecule has 0 saturated heterocycles. The standard InChI is InChI=1S/C16H28N4O/c1-9(2)11-7-5-6-8-12(11)18-16(21)15-13(17)14(10(3)4)19-20-15/h9-12H,5-8,17H2,1-4H3,(H,18,21)(H,19,20). The van der Waals surface area contributed by atoms with Crippen molar-refractivity contribution in [1.29, 1.82) is 0 Å². The molecule has 5 heteroatoms. The second-order valence-electron chi connectivity index (χ2n) is 6.83. The van der Waals surface area contributed by atoms with Crippen molar-refractivity contribution in [2.24, 2.45) is 11.8 Å². The van der Waals surface area contributed by atoms with Crippen LogP contribution < -0.4 is 11.1 Å². The molecule has 5 nitrogen and oxygen atoms in total. The molecule has 0 aliphatic heterocycles. The van der Waals surface area contributed by atoms with E-state index in [1.807, 2.05) is 13.8 Å². The average molecular weight is 292 g/mol. The Morgan fingerprint density at radius 3 is 2.52 bits per heavy atom. The van der Waals surface area contributed by atoms with Gasteiger partial charge in [0, 0.05) is 6.04 Å². The zero-order chi connectivity index (χ0) is 15.6. The fraction of sp³-hybridized carbons (Fsp3) is 0.750. The summed E-state index contributed by atoms with van der Waals surface area (Å²) >= 11 is 0. The number of carbonyl (C=O) groups excluding carboxylic acids is 1. The number of nitrogens with zero attached hydrogens (tertiary/aromatic N) is 1. The fourth-order valence-electron chi connectivity index (χ4n) is 3.35. The average Bonchev–Trinajstić information content (AvgIpc) is 2.81. The molecule has 1 aromatic rings. The van der Waals surface area contributed by atoms with Gasteiger partial charge in [-0.15, -0.1) is 0 Å². The molecule has 4 N–H and O–H groups in total. The lowest BCUT2D eigenvalue weighted by atomic mass is 9.78. The third-order valence-electron chi connectivity index (χ3n) is 4.62. The van der Waals surface area contributed by atoms with Crippen LogP contribution in [0, 0.1) is 11.8 Å². The van der Waals surface area contributed by atoms with Crippen LogP contribution in [-0.2, 0) is 0 Å². The van der Waals surface area contributed by atoms with Crippen molar-refractivity contribution < 1.29 is 4.79 Å². The van der Waals surface area contributed by atoms with Crippen LogP contribution in [0.4, 0.5) is 5.69 Å². The van der Waals surface area contributed by atoms with Gasteiger partial charge in [-0.05, 0) is 30.6 Å². The lowest BCUT2D eigenvalue weighted by molar-refractivity contribution is 0.0885. The number of amides is 1. The maximum absolute atomic E-state index is 12.5. The van der Waals surface area contributed by atoms with Crippen LogP contribution in [-0.4, -0.2) is 22.1 Å². The van der Waals surface area contributed by atoms with Crippen LogP contribution >= 0.6 is 0 Å². The van der Waals surface area contributed by atoms with Gasteiger partial charge in [0.1, 0.15) is 0 Å². The summed E-state index contributed by atoms with van der Waals surface area (Å²) < 4.78 is 0. The summed E-state index contributed by atoms with van der Waals surface area (Å²) in [6.45, 7) is 8.52. The highest BCUT2D eigenvalue weighted by atomic mass is 16.2. The Balaban J connectivity index is 2.10. The Morgan fingerprint density at radius 2 is 1.95 bits per heavy atom. The van der Waals surface area contributed by atoms with Crippen molar-refractivity contribution in [3.63, 3.8) is 0 Å². The molecule has 1 aliphatic carbocycles. The third-order valence-corrected chi connectivity index (χ3v) is 4.62. The normalized spacial score (nSPS) is 22.8. The van der Waals surface area contributed by atoms with Gasteiger partial charge in [0.15, 0.2) is 5.69 Å². The van der Waals surface area contributed by atoms with Gasteiger partial charge < -0.3 is 11.1 Å². The summed E-state index contributed by atoms with van der Waals surface area (Å²) in [5, 5.41) is 10.2. The third kappa shape index (κ3) is 3.39. The molecule has 1 fully saturated rings. The first-order chi connectivity index (χ1) is 9.91. The molecule has 21 heavy (non-hydrogen) atoms. The van der Waals surface area contributed by atoms with Crippen LogP contribution in [0.1, 0.15) is 75.5 Å². The number of nitrogens with one attached hydrogen (secondary N) is 2. The Bertz CT molecular complexity index is 492. The van der Waals surface area contributed by atoms with E-state index in [4.69, 9.17) is 5.73 Å². The molecule has 0 bridgehead atoms. The summed E-state index contributed by atoms with van der Waals surface area (Å²) in [5.41, 5.74) is 7.71. The van der Waals surface area contributed by atoms with Gasteiger partial charge in [0.25, 0.3) is 5.91 Å². The lowest BCUT2D eigenvalue weighted by Gasteiger charge is -2.34. The Labute approximate surface area is 127 Å². The largest absolute Gasteiger partial charge is 0.395 e. The Morgan fingerprint density at radius 1 is 1.29 bits per heavy atom. The second kappa shape index (κ2) is 6.50. The van der Waals surface area contributed by atoms with E-state index in [9.17, 15) is 4.79 Å². The maximum Gasteiger partial charge on any atom is 0.274 e. The molecule has 1 amide bonds. The number of hydrogen-bond acceptors (Lipinski definition) is 3. The zero-order valence-corrected chi connectivity index (χ0v) is 13.6. The van der Waals surface area contributed by atoms with E-state index in [-0.39, 0.29) is 17.9 Å². The van der Waals surface area contributed by atoms with E-state index < -0.39 is 0 Å². The molecule has 0 spiro atoms. The molecule has 0 radical (unpaired) electrons. The number of nitrogen functional groups attached to an aromatic ring is 1. The Hall–Kier alpha value is -1.52. The number of rotatable bonds is 4. The predicted octanol–water partition coefficient (Wildman–Crippen LogP) is 3.06. The molecule has 1 aliphatic rings. The highest BCUT2D eigenvalue weighted by Crippen LogP contribution is 2.30. The van der Waals surface area contributed by atoms with Crippen LogP contribution in [0.2, 0.25) is 0 Å². The number of nitrogens with two attached hydrogens (primary N) is 1. The lowest BCUT2D eigenvalue weighted by Crippen LogP contribution is -2.44. The number of aromatic amines is 1. The minimum atomic E-state index is -0.145. The van der Waals surface area contributed by atoms with Crippen molar-refractivity contribution in [2.75, 3.05) is 5.73 Å². The van der Waals surface area contributed by atoms with E-state index in [2.05, 4.69) is 29.4 Å². The van der Waals surface area contributed by atoms with E-state index in [0.29, 0.717) is 23.2 Å². The molecule has 1 saturated carbocycles. The topological polar surface area (TPSA) is 83.8 Å². The smallest absolute Gasteiger partial charge is 0.274 e. The number of hydrogen-bond donors (Lipinski definition) is 3. The van der Waals surface area contributed by atoms with Gasteiger partial charge >= 0.3 is 0 Å². The summed E-state index contributed by atoms with van der Waals surface area (Å²) in [5.74, 6) is 1.22. The monoisotopic (exact) mass is 292 g/mol. The summed E-state index contributed by atoms with van der Waals surface area (Å²) in [6, 6.07) is 0.241. The van der Waals surface area contributed by atoms with Gasteiger partial charge in [0.2, 0.25) is 0 Å². The van der Waals surface area contributed by atoms with Gasteiger partial charge in [-0.1, -0.05) is 40.5 Å². The van der Waals surface area contributed by atoms with Gasteiger partial charge in [0.05, 0.1) is 11.4 Å². The molecule has 118 valence electrons. The number of aromatic nitrogens is 2. The van der Waals surface area contributed by atoms with Crippen molar-refractivity contribution >= 4 is 11.6 Å². The summed E-state index contributed by atoms with van der Waals surface area (Å²) in [4.78, 5) is 12.5. The minimum absolute atomic E-state index is 0.145. The van der Waals surface area contributed by atoms with E-state index in [0.717, 1.165) is 12.1 Å². The van der Waals surface area contributed by atoms with Crippen molar-refractivity contribution in [2.45, 2.75) is 65.3 Å². The molecule has 0 aromatic carbocycles. The Kier molecular flexibility index (Phi) is 4.91. The van der Waals surface area contributed by atoms with Gasteiger partial charge in [-0.3, -0.25) is 9.89 Å². The van der Waals surface area contributed by atoms with Crippen LogP contribution in [0.5, 0.6) is 0 Å².